The van der Waals surface area contributed by atoms with Gasteiger partial charge in [-0.05, 0) is 42.2 Å². The quantitative estimate of drug-likeness (QED) is 0.681. The fourth-order valence-electron chi connectivity index (χ4n) is 1.56. The predicted molar refractivity (Wildman–Crippen MR) is 83.9 cm³/mol. The van der Waals surface area contributed by atoms with Crippen LogP contribution in [0.5, 0.6) is 0 Å². The van der Waals surface area contributed by atoms with Crippen LogP contribution in [0, 0.1) is 5.82 Å². The van der Waals surface area contributed by atoms with E-state index in [1.807, 2.05) is 6.26 Å². The third-order valence-corrected chi connectivity index (χ3v) is 4.08. The van der Waals surface area contributed by atoms with Gasteiger partial charge in [-0.1, -0.05) is 15.9 Å². The molecule has 116 valence electrons. The van der Waals surface area contributed by atoms with E-state index in [9.17, 15) is 14.0 Å². The van der Waals surface area contributed by atoms with Crippen LogP contribution in [-0.2, 0) is 11.3 Å². The zero-order chi connectivity index (χ0) is 15.8. The number of halogens is 2. The molecule has 21 heavy (non-hydrogen) atoms. The van der Waals surface area contributed by atoms with Crippen molar-refractivity contribution < 1.29 is 19.1 Å². The second kappa shape index (κ2) is 8.89. The van der Waals surface area contributed by atoms with E-state index in [0.29, 0.717) is 22.2 Å². The summed E-state index contributed by atoms with van der Waals surface area (Å²) in [6.45, 7) is 0.0963. The molecule has 0 fully saturated rings. The normalized spacial score (nSPS) is 11.8. The molecule has 0 aromatic heterocycles. The Balaban J connectivity index is 2.52. The van der Waals surface area contributed by atoms with Crippen LogP contribution in [0.25, 0.3) is 0 Å². The zero-order valence-corrected chi connectivity index (χ0v) is 13.8. The predicted octanol–water partition coefficient (Wildman–Crippen LogP) is 2.59. The average molecular weight is 379 g/mol. The van der Waals surface area contributed by atoms with Crippen LogP contribution in [0.4, 0.5) is 9.18 Å². The Morgan fingerprint density at radius 2 is 2.19 bits per heavy atom. The minimum Gasteiger partial charge on any atom is -0.480 e. The van der Waals surface area contributed by atoms with E-state index in [0.717, 1.165) is 0 Å². The molecule has 8 heteroatoms. The molecule has 2 amide bonds. The SMILES string of the molecule is CSCCC(NC(=O)NCc1cc(F)ccc1Br)C(=O)O. The maximum absolute atomic E-state index is 13.1. The molecule has 1 aromatic rings. The van der Waals surface area contributed by atoms with Gasteiger partial charge in [0, 0.05) is 11.0 Å². The van der Waals surface area contributed by atoms with Gasteiger partial charge >= 0.3 is 12.0 Å². The summed E-state index contributed by atoms with van der Waals surface area (Å²) in [6, 6.07) is 2.61. The van der Waals surface area contributed by atoms with Crippen LogP contribution in [0.2, 0.25) is 0 Å². The third kappa shape index (κ3) is 6.34. The van der Waals surface area contributed by atoms with Crippen molar-refractivity contribution in [2.75, 3.05) is 12.0 Å². The van der Waals surface area contributed by atoms with E-state index in [1.54, 1.807) is 6.07 Å². The van der Waals surface area contributed by atoms with Gasteiger partial charge in [0.05, 0.1) is 0 Å². The highest BCUT2D eigenvalue weighted by Crippen LogP contribution is 2.17. The maximum Gasteiger partial charge on any atom is 0.326 e. The van der Waals surface area contributed by atoms with Crippen molar-refractivity contribution in [2.45, 2.75) is 19.0 Å². The molecule has 5 nitrogen and oxygen atoms in total. The molecule has 1 rings (SSSR count). The number of carbonyl (C=O) groups is 2. The Morgan fingerprint density at radius 3 is 2.81 bits per heavy atom. The van der Waals surface area contributed by atoms with Crippen molar-refractivity contribution in [3.8, 4) is 0 Å². The molecule has 1 unspecified atom stereocenters. The number of thioether (sulfide) groups is 1. The lowest BCUT2D eigenvalue weighted by Gasteiger charge is -2.15. The lowest BCUT2D eigenvalue weighted by atomic mass is 10.2. The van der Waals surface area contributed by atoms with Gasteiger partial charge in [-0.25, -0.2) is 14.0 Å². The first-order valence-electron chi connectivity index (χ1n) is 6.14. The maximum atomic E-state index is 13.1. The van der Waals surface area contributed by atoms with E-state index in [-0.39, 0.29) is 6.54 Å². The number of rotatable bonds is 7. The number of amides is 2. The Labute approximate surface area is 134 Å². The molecule has 0 heterocycles. The Hall–Kier alpha value is -1.28. The molecular weight excluding hydrogens is 363 g/mol. The highest BCUT2D eigenvalue weighted by atomic mass is 79.9. The molecule has 0 bridgehead atoms. The van der Waals surface area contributed by atoms with Crippen molar-refractivity contribution in [3.63, 3.8) is 0 Å². The Morgan fingerprint density at radius 1 is 1.48 bits per heavy atom. The first-order valence-corrected chi connectivity index (χ1v) is 8.32. The van der Waals surface area contributed by atoms with Gasteiger partial charge < -0.3 is 15.7 Å². The topological polar surface area (TPSA) is 78.4 Å². The van der Waals surface area contributed by atoms with E-state index in [2.05, 4.69) is 26.6 Å². The number of hydrogen-bond acceptors (Lipinski definition) is 3. The van der Waals surface area contributed by atoms with Crippen molar-refractivity contribution in [1.82, 2.24) is 10.6 Å². The van der Waals surface area contributed by atoms with Crippen molar-refractivity contribution in [3.05, 3.63) is 34.1 Å². The number of carboxylic acids is 1. The smallest absolute Gasteiger partial charge is 0.326 e. The minimum atomic E-state index is -1.08. The zero-order valence-electron chi connectivity index (χ0n) is 11.4. The molecule has 1 atom stereocenters. The largest absolute Gasteiger partial charge is 0.480 e. The number of urea groups is 1. The van der Waals surface area contributed by atoms with E-state index >= 15 is 0 Å². The second-order valence-corrected chi connectivity index (χ2v) is 6.07. The monoisotopic (exact) mass is 378 g/mol. The summed E-state index contributed by atoms with van der Waals surface area (Å²) in [4.78, 5) is 22.7. The molecule has 0 aliphatic carbocycles. The van der Waals surface area contributed by atoms with Crippen LogP contribution < -0.4 is 10.6 Å². The molecule has 0 aliphatic heterocycles. The summed E-state index contributed by atoms with van der Waals surface area (Å²) in [5, 5.41) is 13.9. The number of aliphatic carboxylic acids is 1. The van der Waals surface area contributed by atoms with Gasteiger partial charge in [0.15, 0.2) is 0 Å². The molecular formula is C13H16BrFN2O3S. The van der Waals surface area contributed by atoms with Gasteiger partial charge in [0.25, 0.3) is 0 Å². The second-order valence-electron chi connectivity index (χ2n) is 4.24. The van der Waals surface area contributed by atoms with E-state index < -0.39 is 23.9 Å². The van der Waals surface area contributed by atoms with Gasteiger partial charge in [-0.3, -0.25) is 0 Å². The van der Waals surface area contributed by atoms with E-state index in [1.165, 1.54) is 23.9 Å². The Bertz CT molecular complexity index is 516. The van der Waals surface area contributed by atoms with Crippen LogP contribution in [-0.4, -0.2) is 35.2 Å². The number of nitrogens with one attached hydrogen (secondary N) is 2. The molecule has 0 spiro atoms. The van der Waals surface area contributed by atoms with E-state index in [4.69, 9.17) is 5.11 Å². The lowest BCUT2D eigenvalue weighted by Crippen LogP contribution is -2.46. The fourth-order valence-corrected chi connectivity index (χ4v) is 2.41. The van der Waals surface area contributed by atoms with Crippen molar-refractivity contribution in [2.24, 2.45) is 0 Å². The minimum absolute atomic E-state index is 0.0963. The van der Waals surface area contributed by atoms with Gasteiger partial charge in [-0.15, -0.1) is 0 Å². The molecule has 1 aromatic carbocycles. The summed E-state index contributed by atoms with van der Waals surface area (Å²) >= 11 is 4.76. The number of hydrogen-bond donors (Lipinski definition) is 3. The summed E-state index contributed by atoms with van der Waals surface area (Å²) in [5.41, 5.74) is 0.570. The lowest BCUT2D eigenvalue weighted by molar-refractivity contribution is -0.139. The summed E-state index contributed by atoms with van der Waals surface area (Å²) in [6.07, 6.45) is 2.20. The van der Waals surface area contributed by atoms with Gasteiger partial charge in [0.2, 0.25) is 0 Å². The highest BCUT2D eigenvalue weighted by molar-refractivity contribution is 9.10. The Kier molecular flexibility index (Phi) is 7.52. The summed E-state index contributed by atoms with van der Waals surface area (Å²) in [5.74, 6) is -0.850. The van der Waals surface area contributed by atoms with Crippen molar-refractivity contribution >= 4 is 39.7 Å². The molecule has 0 radical (unpaired) electrons. The van der Waals surface area contributed by atoms with Crippen LogP contribution in [0.15, 0.2) is 22.7 Å². The number of carboxylic acid groups (broad SMARTS) is 1. The standard InChI is InChI=1S/C13H16BrFN2O3S/c1-21-5-4-11(12(18)19)17-13(20)16-7-8-6-9(15)2-3-10(8)14/h2-3,6,11H,4-5,7H2,1H3,(H,18,19)(H2,16,17,20). The molecule has 0 saturated heterocycles. The van der Waals surface area contributed by atoms with Crippen LogP contribution in [0.3, 0.4) is 0 Å². The molecule has 0 aliphatic rings. The van der Waals surface area contributed by atoms with Crippen molar-refractivity contribution in [1.29, 1.82) is 0 Å². The summed E-state index contributed by atoms with van der Waals surface area (Å²) in [7, 11) is 0. The van der Waals surface area contributed by atoms with Crippen LogP contribution >= 0.6 is 27.7 Å². The molecule has 0 saturated carbocycles. The average Bonchev–Trinajstić information content (AvgIpc) is 2.44. The third-order valence-electron chi connectivity index (χ3n) is 2.66. The first-order chi connectivity index (χ1) is 9.93. The van der Waals surface area contributed by atoms with Crippen LogP contribution in [0.1, 0.15) is 12.0 Å². The highest BCUT2D eigenvalue weighted by Gasteiger charge is 2.19. The summed E-state index contributed by atoms with van der Waals surface area (Å²) < 4.78 is 13.8. The number of benzene rings is 1. The first kappa shape index (κ1) is 17.8. The van der Waals surface area contributed by atoms with Gasteiger partial charge in [-0.2, -0.15) is 11.8 Å². The number of carbonyl (C=O) groups excluding carboxylic acids is 1. The van der Waals surface area contributed by atoms with Gasteiger partial charge in [0.1, 0.15) is 11.9 Å². The fraction of sp³-hybridized carbons (Fsp3) is 0.385. The molecule has 3 N–H and O–H groups in total.